The largest absolute Gasteiger partial charge is 0.495 e. The first-order valence-electron chi connectivity index (χ1n) is 12.6. The molecule has 0 atom stereocenters. The summed E-state index contributed by atoms with van der Waals surface area (Å²) in [7, 11) is -1.19. The molecule has 9 nitrogen and oxygen atoms in total. The summed E-state index contributed by atoms with van der Waals surface area (Å²) < 4.78 is 44.4. The van der Waals surface area contributed by atoms with Gasteiger partial charge in [0.2, 0.25) is 0 Å². The summed E-state index contributed by atoms with van der Waals surface area (Å²) >= 11 is 18.4. The number of sulfonamides is 1. The second kappa shape index (κ2) is 14.5. The van der Waals surface area contributed by atoms with Crippen molar-refractivity contribution in [3.05, 3.63) is 111 Å². The van der Waals surface area contributed by atoms with Crippen molar-refractivity contribution in [2.45, 2.75) is 11.5 Å². The van der Waals surface area contributed by atoms with E-state index in [1.807, 2.05) is 0 Å². The standard InChI is InChI=1S/C30H26Cl3N3O6S/c1-40-27-13-11-23(16-26(27)33)36(43(38,39)24-6-4-3-5-7-24)18-30(37)35-34-17-20-8-12-28(29(14-20)41-2)42-19-21-9-10-22(31)15-25(21)32/h3-17H,18-19H2,1-2H3,(H,35,37)/b34-17-. The number of amides is 1. The van der Waals surface area contributed by atoms with Crippen LogP contribution in [0.4, 0.5) is 5.69 Å². The number of anilines is 1. The van der Waals surface area contributed by atoms with Crippen molar-refractivity contribution in [1.29, 1.82) is 0 Å². The highest BCUT2D eigenvalue weighted by molar-refractivity contribution is 7.92. The van der Waals surface area contributed by atoms with Crippen LogP contribution in [0.1, 0.15) is 11.1 Å². The van der Waals surface area contributed by atoms with Gasteiger partial charge in [0.1, 0.15) is 18.9 Å². The Morgan fingerprint density at radius 2 is 1.58 bits per heavy atom. The molecule has 13 heteroatoms. The van der Waals surface area contributed by atoms with Crippen molar-refractivity contribution in [1.82, 2.24) is 5.43 Å². The average molecular weight is 663 g/mol. The highest BCUT2D eigenvalue weighted by Crippen LogP contribution is 2.32. The smallest absolute Gasteiger partial charge is 0.264 e. The van der Waals surface area contributed by atoms with Gasteiger partial charge in [-0.25, -0.2) is 13.8 Å². The van der Waals surface area contributed by atoms with E-state index in [1.165, 1.54) is 50.8 Å². The lowest BCUT2D eigenvalue weighted by atomic mass is 10.2. The number of ether oxygens (including phenoxy) is 3. The van der Waals surface area contributed by atoms with Crippen LogP contribution in [0.2, 0.25) is 15.1 Å². The van der Waals surface area contributed by atoms with Crippen molar-refractivity contribution in [2.75, 3.05) is 25.1 Å². The number of halogens is 3. The molecule has 1 amide bonds. The van der Waals surface area contributed by atoms with E-state index < -0.39 is 22.5 Å². The maximum atomic E-state index is 13.5. The Kier molecular flexibility index (Phi) is 10.8. The molecule has 0 fully saturated rings. The zero-order valence-electron chi connectivity index (χ0n) is 23.0. The van der Waals surface area contributed by atoms with Gasteiger partial charge in [-0.15, -0.1) is 0 Å². The van der Waals surface area contributed by atoms with Gasteiger partial charge in [-0.3, -0.25) is 9.10 Å². The van der Waals surface area contributed by atoms with Crippen LogP contribution in [0.3, 0.4) is 0 Å². The van der Waals surface area contributed by atoms with Gasteiger partial charge in [0.25, 0.3) is 15.9 Å². The van der Waals surface area contributed by atoms with E-state index in [4.69, 9.17) is 49.0 Å². The molecule has 1 N–H and O–H groups in total. The number of carbonyl (C=O) groups is 1. The molecule has 0 bridgehead atoms. The van der Waals surface area contributed by atoms with Crippen molar-refractivity contribution in [3.8, 4) is 17.2 Å². The van der Waals surface area contributed by atoms with E-state index in [0.717, 1.165) is 9.87 Å². The number of carbonyl (C=O) groups excluding carboxylic acids is 1. The number of hydrogen-bond donors (Lipinski definition) is 1. The molecule has 0 radical (unpaired) electrons. The Balaban J connectivity index is 1.47. The predicted molar refractivity (Wildman–Crippen MR) is 169 cm³/mol. The molecule has 224 valence electrons. The van der Waals surface area contributed by atoms with Gasteiger partial charge in [0.15, 0.2) is 11.5 Å². The van der Waals surface area contributed by atoms with Crippen LogP contribution in [-0.4, -0.2) is 41.3 Å². The summed E-state index contributed by atoms with van der Waals surface area (Å²) in [6, 6.07) is 22.4. The first-order valence-corrected chi connectivity index (χ1v) is 15.2. The molecule has 0 saturated carbocycles. The molecule has 0 aliphatic carbocycles. The SMILES string of the molecule is COc1ccc(N(CC(=O)N/N=C\c2ccc(OCc3ccc(Cl)cc3Cl)c(OC)c2)S(=O)(=O)c2ccccc2)cc1Cl. The first-order chi connectivity index (χ1) is 20.6. The second-order valence-corrected chi connectivity index (χ2v) is 12.0. The number of rotatable bonds is 12. The number of hydrazone groups is 1. The molecule has 0 unspecified atom stereocenters. The summed E-state index contributed by atoms with van der Waals surface area (Å²) in [5, 5.41) is 5.18. The summed E-state index contributed by atoms with van der Waals surface area (Å²) in [5.74, 6) is 0.568. The normalized spacial score (nSPS) is 11.3. The Bertz CT molecular complexity index is 1740. The Hall–Kier alpha value is -3.96. The lowest BCUT2D eigenvalue weighted by Crippen LogP contribution is -2.39. The van der Waals surface area contributed by atoms with Gasteiger partial charge in [0.05, 0.1) is 36.0 Å². The molecule has 0 aromatic heterocycles. The summed E-state index contributed by atoms with van der Waals surface area (Å²) in [4.78, 5) is 12.9. The molecule has 0 saturated heterocycles. The molecule has 43 heavy (non-hydrogen) atoms. The zero-order chi connectivity index (χ0) is 31.0. The lowest BCUT2D eigenvalue weighted by molar-refractivity contribution is -0.119. The topological polar surface area (TPSA) is 107 Å². The minimum absolute atomic E-state index is 0.00554. The van der Waals surface area contributed by atoms with Crippen LogP contribution in [0, 0.1) is 0 Å². The molecule has 0 aliphatic heterocycles. The fourth-order valence-electron chi connectivity index (χ4n) is 3.87. The average Bonchev–Trinajstić information content (AvgIpc) is 3.00. The first kappa shape index (κ1) is 32.0. The van der Waals surface area contributed by atoms with E-state index in [-0.39, 0.29) is 22.2 Å². The second-order valence-electron chi connectivity index (χ2n) is 8.87. The summed E-state index contributed by atoms with van der Waals surface area (Å²) in [6.07, 6.45) is 1.39. The van der Waals surface area contributed by atoms with Gasteiger partial charge in [0, 0.05) is 15.6 Å². The maximum Gasteiger partial charge on any atom is 0.264 e. The number of hydrogen-bond acceptors (Lipinski definition) is 7. The number of methoxy groups -OCH3 is 2. The van der Waals surface area contributed by atoms with E-state index in [1.54, 1.807) is 54.6 Å². The highest BCUT2D eigenvalue weighted by atomic mass is 35.5. The van der Waals surface area contributed by atoms with Crippen LogP contribution in [0.15, 0.2) is 94.9 Å². The van der Waals surface area contributed by atoms with Crippen molar-refractivity contribution in [3.63, 3.8) is 0 Å². The Morgan fingerprint density at radius 1 is 0.860 bits per heavy atom. The number of nitrogens with zero attached hydrogens (tertiary/aromatic N) is 2. The van der Waals surface area contributed by atoms with Crippen molar-refractivity contribution in [2.24, 2.45) is 5.10 Å². The third kappa shape index (κ3) is 8.11. The third-order valence-corrected chi connectivity index (χ3v) is 8.70. The van der Waals surface area contributed by atoms with Gasteiger partial charge in [-0.1, -0.05) is 59.1 Å². The monoisotopic (exact) mass is 661 g/mol. The third-order valence-electron chi connectivity index (χ3n) is 6.03. The molecule has 4 aromatic rings. The molecule has 4 aromatic carbocycles. The Morgan fingerprint density at radius 3 is 2.26 bits per heavy atom. The van der Waals surface area contributed by atoms with Crippen LogP contribution in [0.25, 0.3) is 0 Å². The van der Waals surface area contributed by atoms with Crippen LogP contribution in [0.5, 0.6) is 17.2 Å². The number of benzene rings is 4. The molecular formula is C30H26Cl3N3O6S. The lowest BCUT2D eigenvalue weighted by Gasteiger charge is -2.24. The van der Waals surface area contributed by atoms with Gasteiger partial charge in [-0.05, 0) is 66.2 Å². The van der Waals surface area contributed by atoms with Crippen LogP contribution in [-0.2, 0) is 21.4 Å². The van der Waals surface area contributed by atoms with Gasteiger partial charge < -0.3 is 14.2 Å². The molecule has 0 spiro atoms. The van der Waals surface area contributed by atoms with E-state index in [0.29, 0.717) is 32.9 Å². The minimum atomic E-state index is -4.13. The quantitative estimate of drug-likeness (QED) is 0.136. The molecule has 0 heterocycles. The van der Waals surface area contributed by atoms with Gasteiger partial charge >= 0.3 is 0 Å². The summed E-state index contributed by atoms with van der Waals surface area (Å²) in [5.41, 5.74) is 3.89. The minimum Gasteiger partial charge on any atom is -0.495 e. The summed E-state index contributed by atoms with van der Waals surface area (Å²) in [6.45, 7) is -0.377. The van der Waals surface area contributed by atoms with Crippen LogP contribution < -0.4 is 23.9 Å². The number of nitrogens with one attached hydrogen (secondary N) is 1. The molecule has 4 rings (SSSR count). The van der Waals surface area contributed by atoms with Crippen molar-refractivity contribution >= 4 is 62.6 Å². The fraction of sp³-hybridized carbons (Fsp3) is 0.133. The highest BCUT2D eigenvalue weighted by Gasteiger charge is 2.27. The van der Waals surface area contributed by atoms with E-state index in [2.05, 4.69) is 10.5 Å². The predicted octanol–water partition coefficient (Wildman–Crippen LogP) is 6.59. The Labute approximate surface area is 264 Å². The zero-order valence-corrected chi connectivity index (χ0v) is 26.0. The van der Waals surface area contributed by atoms with Gasteiger partial charge in [-0.2, -0.15) is 5.10 Å². The fourth-order valence-corrected chi connectivity index (χ4v) is 6.02. The maximum absolute atomic E-state index is 13.5. The van der Waals surface area contributed by atoms with E-state index >= 15 is 0 Å². The van der Waals surface area contributed by atoms with Crippen molar-refractivity contribution < 1.29 is 27.4 Å². The molecule has 0 aliphatic rings. The van der Waals surface area contributed by atoms with Crippen LogP contribution >= 0.6 is 34.8 Å². The molecular weight excluding hydrogens is 637 g/mol. The van der Waals surface area contributed by atoms with E-state index in [9.17, 15) is 13.2 Å².